The van der Waals surface area contributed by atoms with Gasteiger partial charge in [-0.05, 0) is 63.1 Å². The number of benzene rings is 2. The van der Waals surface area contributed by atoms with Gasteiger partial charge in [-0.15, -0.1) is 0 Å². The van der Waals surface area contributed by atoms with E-state index in [0.29, 0.717) is 11.1 Å². The van der Waals surface area contributed by atoms with Gasteiger partial charge in [-0.25, -0.2) is 19.4 Å². The van der Waals surface area contributed by atoms with Crippen LogP contribution in [0, 0.1) is 20.2 Å². The Morgan fingerprint density at radius 1 is 0.870 bits per heavy atom. The second-order valence-electron chi connectivity index (χ2n) is 11.0. The molecule has 0 spiro atoms. The summed E-state index contributed by atoms with van der Waals surface area (Å²) in [6.07, 6.45) is -2.67. The Morgan fingerprint density at radius 2 is 1.30 bits per heavy atom. The van der Waals surface area contributed by atoms with Crippen molar-refractivity contribution in [2.75, 3.05) is 13.1 Å². The zero-order valence-corrected chi connectivity index (χ0v) is 25.4. The van der Waals surface area contributed by atoms with Crippen molar-refractivity contribution in [2.24, 2.45) is 4.99 Å². The van der Waals surface area contributed by atoms with Gasteiger partial charge in [-0.2, -0.15) is 0 Å². The molecule has 18 nitrogen and oxygen atoms in total. The molecular weight excluding hydrogens is 610 g/mol. The van der Waals surface area contributed by atoms with Gasteiger partial charge in [0, 0.05) is 37.4 Å². The Labute approximate surface area is 262 Å². The number of ether oxygens (including phenoxy) is 3. The monoisotopic (exact) mass is 643 g/mol. The van der Waals surface area contributed by atoms with Crippen molar-refractivity contribution in [3.63, 3.8) is 0 Å². The maximum atomic E-state index is 12.8. The SMILES string of the molecule is C[C@@H](N=C(NC(=O)OCc1ccc([N+](=O)[O-])cc1)NC(=O)OCc1ccc([N+](=O)[O-])cc1)C(=O)NC1CN(C(=O)OC(C)(C)C)C1. The zero-order valence-electron chi connectivity index (χ0n) is 25.4. The van der Waals surface area contributed by atoms with Crippen LogP contribution in [0.3, 0.4) is 0 Å². The highest BCUT2D eigenvalue weighted by molar-refractivity contribution is 6.02. The summed E-state index contributed by atoms with van der Waals surface area (Å²) in [5.41, 5.74) is -0.0971. The highest BCUT2D eigenvalue weighted by Crippen LogP contribution is 2.16. The highest BCUT2D eigenvalue weighted by Gasteiger charge is 2.35. The second-order valence-corrected chi connectivity index (χ2v) is 11.0. The van der Waals surface area contributed by atoms with Crippen LogP contribution in [-0.4, -0.2) is 75.7 Å². The predicted molar refractivity (Wildman–Crippen MR) is 159 cm³/mol. The normalized spacial score (nSPS) is 13.3. The molecule has 1 aliphatic rings. The van der Waals surface area contributed by atoms with Crippen LogP contribution < -0.4 is 16.0 Å². The third kappa shape index (κ3) is 11.0. The average Bonchev–Trinajstić information content (AvgIpc) is 2.95. The number of hydrogen-bond acceptors (Lipinski definition) is 12. The van der Waals surface area contributed by atoms with E-state index in [4.69, 9.17) is 14.2 Å². The maximum absolute atomic E-state index is 12.8. The molecule has 0 unspecified atom stereocenters. The Morgan fingerprint density at radius 3 is 1.70 bits per heavy atom. The molecule has 0 aromatic heterocycles. The smallest absolute Gasteiger partial charge is 0.414 e. The Bertz CT molecular complexity index is 1410. The summed E-state index contributed by atoms with van der Waals surface area (Å²) < 4.78 is 15.5. The molecular formula is C28H33N7O11. The van der Waals surface area contributed by atoms with Crippen LogP contribution in [0.25, 0.3) is 0 Å². The molecule has 1 saturated heterocycles. The van der Waals surface area contributed by atoms with Crippen molar-refractivity contribution in [1.29, 1.82) is 0 Å². The minimum atomic E-state index is -1.14. The summed E-state index contributed by atoms with van der Waals surface area (Å²) in [4.78, 5) is 76.0. The lowest BCUT2D eigenvalue weighted by Crippen LogP contribution is -2.62. The van der Waals surface area contributed by atoms with Gasteiger partial charge < -0.3 is 24.4 Å². The number of amides is 4. The van der Waals surface area contributed by atoms with E-state index in [1.54, 1.807) is 20.8 Å². The molecule has 0 bridgehead atoms. The van der Waals surface area contributed by atoms with Crippen molar-refractivity contribution < 1.29 is 43.2 Å². The summed E-state index contributed by atoms with van der Waals surface area (Å²) in [7, 11) is 0. The number of likely N-dealkylation sites (tertiary alicyclic amines) is 1. The number of nitro groups is 2. The van der Waals surface area contributed by atoms with Crippen LogP contribution in [0.5, 0.6) is 0 Å². The number of rotatable bonds is 9. The van der Waals surface area contributed by atoms with E-state index < -0.39 is 51.6 Å². The number of non-ortho nitro benzene ring substituents is 2. The van der Waals surface area contributed by atoms with Gasteiger partial charge in [0.25, 0.3) is 11.4 Å². The van der Waals surface area contributed by atoms with Crippen molar-refractivity contribution >= 4 is 41.5 Å². The number of carbonyl (C=O) groups excluding carboxylic acids is 4. The predicted octanol–water partition coefficient (Wildman–Crippen LogP) is 3.14. The first kappa shape index (κ1) is 34.7. The topological polar surface area (TPSA) is 234 Å². The minimum Gasteiger partial charge on any atom is -0.444 e. The number of guanidine groups is 1. The number of carbonyl (C=O) groups is 4. The third-order valence-electron chi connectivity index (χ3n) is 6.06. The third-order valence-corrected chi connectivity index (χ3v) is 6.06. The first-order valence-corrected chi connectivity index (χ1v) is 13.8. The maximum Gasteiger partial charge on any atom is 0.414 e. The first-order chi connectivity index (χ1) is 21.6. The van der Waals surface area contributed by atoms with Gasteiger partial charge >= 0.3 is 18.3 Å². The number of alkyl carbamates (subject to hydrolysis) is 2. The van der Waals surface area contributed by atoms with Crippen molar-refractivity contribution in [2.45, 2.75) is 58.6 Å². The van der Waals surface area contributed by atoms with Gasteiger partial charge in [-0.3, -0.25) is 35.7 Å². The Hall–Kier alpha value is -5.81. The fourth-order valence-electron chi connectivity index (χ4n) is 3.71. The van der Waals surface area contributed by atoms with E-state index >= 15 is 0 Å². The van der Waals surface area contributed by atoms with E-state index in [9.17, 15) is 39.4 Å². The Balaban J connectivity index is 1.61. The molecule has 18 heteroatoms. The van der Waals surface area contributed by atoms with Crippen molar-refractivity contribution in [3.8, 4) is 0 Å². The lowest BCUT2D eigenvalue weighted by Gasteiger charge is -2.40. The molecule has 46 heavy (non-hydrogen) atoms. The summed E-state index contributed by atoms with van der Waals surface area (Å²) in [5, 5.41) is 28.8. The fraction of sp³-hybridized carbons (Fsp3) is 0.393. The summed E-state index contributed by atoms with van der Waals surface area (Å²) in [6.45, 7) is 6.46. The lowest BCUT2D eigenvalue weighted by atomic mass is 10.1. The van der Waals surface area contributed by atoms with E-state index in [2.05, 4.69) is 20.9 Å². The first-order valence-electron chi connectivity index (χ1n) is 13.8. The number of nitro benzene ring substituents is 2. The van der Waals surface area contributed by atoms with Crippen molar-refractivity contribution in [3.05, 3.63) is 79.9 Å². The van der Waals surface area contributed by atoms with E-state index in [0.717, 1.165) is 0 Å². The van der Waals surface area contributed by atoms with Crippen LogP contribution >= 0.6 is 0 Å². The van der Waals surface area contributed by atoms with Crippen LogP contribution in [0.15, 0.2) is 53.5 Å². The van der Waals surface area contributed by atoms with E-state index in [-0.39, 0.29) is 43.7 Å². The fourth-order valence-corrected chi connectivity index (χ4v) is 3.71. The molecule has 0 aliphatic carbocycles. The van der Waals surface area contributed by atoms with Crippen LogP contribution in [0.2, 0.25) is 0 Å². The zero-order chi connectivity index (χ0) is 34.0. The highest BCUT2D eigenvalue weighted by atomic mass is 16.6. The molecule has 0 saturated carbocycles. The standard InChI is InChI=1S/C28H33N7O11/c1-17(23(36)30-20-13-33(14-20)27(39)46-28(2,3)4)29-24(31-25(37)44-15-18-5-9-21(10-6-18)34(40)41)32-26(38)45-16-19-7-11-22(12-8-19)35(42)43/h5-12,17,20H,13-16H2,1-4H3,(H,30,36)(H2,29,31,32,37,38)/t17-/m1/s1. The molecule has 246 valence electrons. The molecule has 4 amide bonds. The van der Waals surface area contributed by atoms with Crippen LogP contribution in [-0.2, 0) is 32.2 Å². The van der Waals surface area contributed by atoms with Gasteiger partial charge in [-0.1, -0.05) is 0 Å². The molecule has 2 aromatic rings. The lowest BCUT2D eigenvalue weighted by molar-refractivity contribution is -0.385. The van der Waals surface area contributed by atoms with Gasteiger partial charge in [0.15, 0.2) is 0 Å². The average molecular weight is 644 g/mol. The summed E-state index contributed by atoms with van der Waals surface area (Å²) >= 11 is 0. The van der Waals surface area contributed by atoms with Gasteiger partial charge in [0.2, 0.25) is 11.9 Å². The number of nitrogens with one attached hydrogen (secondary N) is 3. The number of nitrogens with zero attached hydrogens (tertiary/aromatic N) is 4. The summed E-state index contributed by atoms with van der Waals surface area (Å²) in [6, 6.07) is 9.01. The van der Waals surface area contributed by atoms with Crippen LogP contribution in [0.4, 0.5) is 25.8 Å². The van der Waals surface area contributed by atoms with Gasteiger partial charge in [0.05, 0.1) is 15.9 Å². The summed E-state index contributed by atoms with van der Waals surface area (Å²) in [5.74, 6) is -1.07. The number of hydrogen-bond donors (Lipinski definition) is 3. The molecule has 3 rings (SSSR count). The molecule has 0 radical (unpaired) electrons. The molecule has 1 atom stereocenters. The Kier molecular flexibility index (Phi) is 11.5. The molecule has 1 fully saturated rings. The largest absolute Gasteiger partial charge is 0.444 e. The second kappa shape index (κ2) is 15.3. The molecule has 1 aliphatic heterocycles. The molecule has 2 aromatic carbocycles. The van der Waals surface area contributed by atoms with E-state index in [1.165, 1.54) is 60.4 Å². The quantitative estimate of drug-likeness (QED) is 0.118. The molecule has 1 heterocycles. The van der Waals surface area contributed by atoms with E-state index in [1.807, 2.05) is 0 Å². The molecule has 3 N–H and O–H groups in total. The van der Waals surface area contributed by atoms with Crippen molar-refractivity contribution in [1.82, 2.24) is 20.9 Å². The van der Waals surface area contributed by atoms with Crippen LogP contribution in [0.1, 0.15) is 38.8 Å². The number of aliphatic imine (C=N–C) groups is 1. The minimum absolute atomic E-state index is 0.147. The van der Waals surface area contributed by atoms with Gasteiger partial charge in [0.1, 0.15) is 24.9 Å².